The minimum atomic E-state index is 0.154. The number of fused-ring (bicyclic) bond motifs is 1. The van der Waals surface area contributed by atoms with Crippen LogP contribution in [-0.4, -0.2) is 51.8 Å². The van der Waals surface area contributed by atoms with Gasteiger partial charge in [0.05, 0.1) is 6.20 Å². The number of carbonyl (C=O) groups is 1. The van der Waals surface area contributed by atoms with E-state index in [-0.39, 0.29) is 5.91 Å². The molecule has 2 aromatic carbocycles. The molecule has 0 aliphatic carbocycles. The number of hydrogen-bond donors (Lipinski definition) is 0. The van der Waals surface area contributed by atoms with Crippen LogP contribution in [0.5, 0.6) is 0 Å². The van der Waals surface area contributed by atoms with Crippen LogP contribution in [0.3, 0.4) is 0 Å². The fraction of sp³-hybridized carbons (Fsp3) is 0.240. The molecule has 6 nitrogen and oxygen atoms in total. The average Bonchev–Trinajstić information content (AvgIpc) is 3.25. The van der Waals surface area contributed by atoms with E-state index in [2.05, 4.69) is 57.4 Å². The maximum Gasteiger partial charge on any atom is 0.219 e. The molecule has 1 saturated heterocycles. The van der Waals surface area contributed by atoms with E-state index in [1.165, 1.54) is 11.1 Å². The Morgan fingerprint density at radius 2 is 1.61 bits per heavy atom. The lowest BCUT2D eigenvalue weighted by Crippen LogP contribution is -2.48. The van der Waals surface area contributed by atoms with Crippen LogP contribution in [0.1, 0.15) is 6.92 Å². The molecular formula is C25H25N5O. The van der Waals surface area contributed by atoms with Crippen LogP contribution < -0.4 is 4.90 Å². The number of nitrogens with zero attached hydrogens (tertiary/aromatic N) is 5. The van der Waals surface area contributed by atoms with Gasteiger partial charge in [0.25, 0.3) is 0 Å². The standard InChI is InChI=1S/C25H25N5O/c1-18(31)29-9-11-30(12-10-29)23-8-7-21-14-26-16-25(24(21)13-23)20-5-3-19(4-6-20)22-15-27-28(2)17-22/h3-8,13-17H,9-12H2,1-2H3. The first-order valence-electron chi connectivity index (χ1n) is 10.6. The van der Waals surface area contributed by atoms with E-state index in [0.717, 1.165) is 53.8 Å². The second kappa shape index (κ2) is 7.87. The molecule has 0 bridgehead atoms. The Morgan fingerprint density at radius 1 is 0.871 bits per heavy atom. The molecule has 156 valence electrons. The summed E-state index contributed by atoms with van der Waals surface area (Å²) in [6.07, 6.45) is 7.76. The molecule has 6 heteroatoms. The van der Waals surface area contributed by atoms with Crippen LogP contribution in [-0.2, 0) is 11.8 Å². The van der Waals surface area contributed by atoms with Crippen molar-refractivity contribution >= 4 is 22.4 Å². The highest BCUT2D eigenvalue weighted by Gasteiger charge is 2.19. The zero-order valence-corrected chi connectivity index (χ0v) is 17.8. The minimum Gasteiger partial charge on any atom is -0.368 e. The maximum atomic E-state index is 11.6. The quantitative estimate of drug-likeness (QED) is 0.512. The molecule has 1 aliphatic rings. The average molecular weight is 412 g/mol. The Labute approximate surface area is 181 Å². The summed E-state index contributed by atoms with van der Waals surface area (Å²) in [6.45, 7) is 4.89. The van der Waals surface area contributed by atoms with E-state index in [1.54, 1.807) is 6.92 Å². The summed E-state index contributed by atoms with van der Waals surface area (Å²) >= 11 is 0. The molecule has 1 aliphatic heterocycles. The van der Waals surface area contributed by atoms with Crippen molar-refractivity contribution in [3.05, 3.63) is 67.3 Å². The number of pyridine rings is 1. The number of aromatic nitrogens is 3. The van der Waals surface area contributed by atoms with Crippen molar-refractivity contribution in [1.82, 2.24) is 19.7 Å². The van der Waals surface area contributed by atoms with Gasteiger partial charge in [0, 0.05) is 80.9 Å². The molecular weight excluding hydrogens is 386 g/mol. The summed E-state index contributed by atoms with van der Waals surface area (Å²) in [5, 5.41) is 6.58. The number of piperazine rings is 1. The number of anilines is 1. The number of amides is 1. The predicted octanol–water partition coefficient (Wildman–Crippen LogP) is 3.97. The fourth-order valence-corrected chi connectivity index (χ4v) is 4.27. The molecule has 0 unspecified atom stereocenters. The first-order chi connectivity index (χ1) is 15.1. The van der Waals surface area contributed by atoms with E-state index >= 15 is 0 Å². The van der Waals surface area contributed by atoms with Gasteiger partial charge in [-0.25, -0.2) is 0 Å². The highest BCUT2D eigenvalue weighted by atomic mass is 16.2. The van der Waals surface area contributed by atoms with Gasteiger partial charge in [0.15, 0.2) is 0 Å². The normalized spacial score (nSPS) is 14.3. The van der Waals surface area contributed by atoms with Crippen molar-refractivity contribution in [3.63, 3.8) is 0 Å². The highest BCUT2D eigenvalue weighted by Crippen LogP contribution is 2.32. The van der Waals surface area contributed by atoms with Crippen molar-refractivity contribution in [2.75, 3.05) is 31.1 Å². The van der Waals surface area contributed by atoms with Gasteiger partial charge in [-0.15, -0.1) is 0 Å². The molecule has 4 aromatic rings. The summed E-state index contributed by atoms with van der Waals surface area (Å²) in [5.41, 5.74) is 5.71. The van der Waals surface area contributed by atoms with E-state index in [4.69, 9.17) is 0 Å². The third-order valence-corrected chi connectivity index (χ3v) is 6.07. The van der Waals surface area contributed by atoms with Crippen LogP contribution in [0.4, 0.5) is 5.69 Å². The summed E-state index contributed by atoms with van der Waals surface area (Å²) in [6, 6.07) is 15.1. The second-order valence-corrected chi connectivity index (χ2v) is 8.07. The zero-order chi connectivity index (χ0) is 21.4. The van der Waals surface area contributed by atoms with E-state index < -0.39 is 0 Å². The Bertz CT molecular complexity index is 1240. The highest BCUT2D eigenvalue weighted by molar-refractivity contribution is 5.98. The van der Waals surface area contributed by atoms with Crippen LogP contribution in [0, 0.1) is 0 Å². The van der Waals surface area contributed by atoms with Gasteiger partial charge in [-0.3, -0.25) is 14.5 Å². The van der Waals surface area contributed by atoms with Crippen LogP contribution in [0.25, 0.3) is 33.0 Å². The van der Waals surface area contributed by atoms with Gasteiger partial charge in [-0.05, 0) is 28.6 Å². The maximum absolute atomic E-state index is 11.6. The number of aryl methyl sites for hydroxylation is 1. The predicted molar refractivity (Wildman–Crippen MR) is 124 cm³/mol. The molecule has 5 rings (SSSR count). The monoisotopic (exact) mass is 411 g/mol. The summed E-state index contributed by atoms with van der Waals surface area (Å²) in [4.78, 5) is 20.4. The van der Waals surface area contributed by atoms with Gasteiger partial charge < -0.3 is 9.80 Å². The Balaban J connectivity index is 1.46. The zero-order valence-electron chi connectivity index (χ0n) is 17.8. The lowest BCUT2D eigenvalue weighted by atomic mass is 9.98. The van der Waals surface area contributed by atoms with Crippen LogP contribution in [0.2, 0.25) is 0 Å². The van der Waals surface area contributed by atoms with Gasteiger partial charge in [-0.1, -0.05) is 30.3 Å². The summed E-state index contributed by atoms with van der Waals surface area (Å²) in [5.74, 6) is 0.154. The smallest absolute Gasteiger partial charge is 0.219 e. The Kier molecular flexibility index (Phi) is 4.90. The number of carbonyl (C=O) groups excluding carboxylic acids is 1. The minimum absolute atomic E-state index is 0.154. The van der Waals surface area contributed by atoms with Crippen molar-refractivity contribution in [2.24, 2.45) is 7.05 Å². The van der Waals surface area contributed by atoms with E-state index in [1.807, 2.05) is 41.4 Å². The first-order valence-corrected chi connectivity index (χ1v) is 10.6. The van der Waals surface area contributed by atoms with Crippen LogP contribution >= 0.6 is 0 Å². The van der Waals surface area contributed by atoms with E-state index in [0.29, 0.717) is 0 Å². The van der Waals surface area contributed by atoms with Crippen molar-refractivity contribution < 1.29 is 4.79 Å². The van der Waals surface area contributed by atoms with Crippen LogP contribution in [0.15, 0.2) is 67.3 Å². The molecule has 1 amide bonds. The largest absolute Gasteiger partial charge is 0.368 e. The Morgan fingerprint density at radius 3 is 2.29 bits per heavy atom. The third kappa shape index (κ3) is 3.77. The van der Waals surface area contributed by atoms with Gasteiger partial charge in [0.2, 0.25) is 5.91 Å². The molecule has 31 heavy (non-hydrogen) atoms. The molecule has 0 saturated carbocycles. The lowest BCUT2D eigenvalue weighted by molar-refractivity contribution is -0.129. The van der Waals surface area contributed by atoms with Crippen molar-refractivity contribution in [2.45, 2.75) is 6.92 Å². The topological polar surface area (TPSA) is 54.3 Å². The molecule has 0 atom stereocenters. The number of rotatable bonds is 3. The number of benzene rings is 2. The molecule has 0 spiro atoms. The third-order valence-electron chi connectivity index (χ3n) is 6.07. The molecule has 0 radical (unpaired) electrons. The molecule has 3 heterocycles. The lowest BCUT2D eigenvalue weighted by Gasteiger charge is -2.35. The van der Waals surface area contributed by atoms with E-state index in [9.17, 15) is 4.79 Å². The van der Waals surface area contributed by atoms with Gasteiger partial charge in [-0.2, -0.15) is 5.10 Å². The van der Waals surface area contributed by atoms with Gasteiger partial charge >= 0.3 is 0 Å². The Hall–Kier alpha value is -3.67. The SMILES string of the molecule is CC(=O)N1CCN(c2ccc3cncc(-c4ccc(-c5cnn(C)c5)cc4)c3c2)CC1. The summed E-state index contributed by atoms with van der Waals surface area (Å²) in [7, 11) is 1.93. The molecule has 0 N–H and O–H groups in total. The fourth-order valence-electron chi connectivity index (χ4n) is 4.27. The first kappa shape index (κ1) is 19.3. The number of hydrogen-bond acceptors (Lipinski definition) is 4. The summed E-state index contributed by atoms with van der Waals surface area (Å²) < 4.78 is 1.82. The molecule has 1 fully saturated rings. The van der Waals surface area contributed by atoms with Crippen molar-refractivity contribution in [1.29, 1.82) is 0 Å². The van der Waals surface area contributed by atoms with Crippen molar-refractivity contribution in [3.8, 4) is 22.3 Å². The molecule has 2 aromatic heterocycles. The van der Waals surface area contributed by atoms with Gasteiger partial charge in [0.1, 0.15) is 0 Å². The second-order valence-electron chi connectivity index (χ2n) is 8.07.